The van der Waals surface area contributed by atoms with Gasteiger partial charge in [-0.1, -0.05) is 0 Å². The summed E-state index contributed by atoms with van der Waals surface area (Å²) in [5, 5.41) is 3.62. The molecule has 0 saturated carbocycles. The summed E-state index contributed by atoms with van der Waals surface area (Å²) in [5.41, 5.74) is 0.216. The summed E-state index contributed by atoms with van der Waals surface area (Å²) in [5.74, 6) is 0.697. The Kier molecular flexibility index (Phi) is 4.56. The molecule has 0 aromatic rings. The minimum absolute atomic E-state index is 0.216. The normalized spacial score (nSPS) is 24.8. The Balaban J connectivity index is 2.29. The van der Waals surface area contributed by atoms with E-state index in [-0.39, 0.29) is 5.54 Å². The van der Waals surface area contributed by atoms with Gasteiger partial charge >= 0.3 is 0 Å². The third-order valence-corrected chi connectivity index (χ3v) is 3.74. The fraction of sp³-hybridized carbons (Fsp3) is 1.00. The van der Waals surface area contributed by atoms with Crippen molar-refractivity contribution in [3.8, 4) is 0 Å². The molecule has 1 aliphatic heterocycles. The first-order valence-corrected chi connectivity index (χ1v) is 5.92. The van der Waals surface area contributed by atoms with Crippen LogP contribution in [0.5, 0.6) is 0 Å². The second-order valence-corrected chi connectivity index (χ2v) is 5.50. The number of likely N-dealkylation sites (N-methyl/N-ethyl adjacent to an activating group) is 1. The Hall–Kier alpha value is -0.120. The van der Waals surface area contributed by atoms with Crippen molar-refractivity contribution in [1.29, 1.82) is 0 Å². The molecule has 1 saturated heterocycles. The van der Waals surface area contributed by atoms with Crippen molar-refractivity contribution in [2.45, 2.75) is 38.8 Å². The Morgan fingerprint density at radius 3 is 2.60 bits per heavy atom. The third kappa shape index (κ3) is 3.74. The second-order valence-electron chi connectivity index (χ2n) is 5.50. The molecule has 15 heavy (non-hydrogen) atoms. The van der Waals surface area contributed by atoms with Gasteiger partial charge in [0.1, 0.15) is 0 Å². The van der Waals surface area contributed by atoms with Gasteiger partial charge in [0, 0.05) is 24.7 Å². The van der Waals surface area contributed by atoms with Crippen LogP contribution in [-0.4, -0.2) is 50.3 Å². The van der Waals surface area contributed by atoms with E-state index in [0.29, 0.717) is 12.0 Å². The molecule has 0 spiro atoms. The summed E-state index contributed by atoms with van der Waals surface area (Å²) < 4.78 is 5.41. The minimum atomic E-state index is 0.216. The molecule has 0 aromatic heterocycles. The molecule has 2 atom stereocenters. The highest BCUT2D eigenvalue weighted by atomic mass is 16.5. The highest BCUT2D eigenvalue weighted by Crippen LogP contribution is 2.17. The highest BCUT2D eigenvalue weighted by molar-refractivity contribution is 4.83. The number of ether oxygens (including phenoxy) is 1. The van der Waals surface area contributed by atoms with Crippen LogP contribution < -0.4 is 5.32 Å². The van der Waals surface area contributed by atoms with E-state index in [1.54, 1.807) is 0 Å². The average molecular weight is 214 g/mol. The molecule has 1 fully saturated rings. The third-order valence-electron chi connectivity index (χ3n) is 3.74. The van der Waals surface area contributed by atoms with E-state index in [1.807, 2.05) is 0 Å². The van der Waals surface area contributed by atoms with E-state index in [0.717, 1.165) is 19.8 Å². The van der Waals surface area contributed by atoms with Gasteiger partial charge in [-0.2, -0.15) is 0 Å². The lowest BCUT2D eigenvalue weighted by Gasteiger charge is -2.34. The molecule has 1 aliphatic rings. The minimum Gasteiger partial charge on any atom is -0.381 e. The van der Waals surface area contributed by atoms with Crippen molar-refractivity contribution >= 4 is 0 Å². The van der Waals surface area contributed by atoms with E-state index < -0.39 is 0 Å². The van der Waals surface area contributed by atoms with Crippen LogP contribution in [-0.2, 0) is 4.74 Å². The zero-order valence-electron chi connectivity index (χ0n) is 10.8. The van der Waals surface area contributed by atoms with Gasteiger partial charge in [0.2, 0.25) is 0 Å². The largest absolute Gasteiger partial charge is 0.381 e. The summed E-state index contributed by atoms with van der Waals surface area (Å²) in [4.78, 5) is 2.26. The van der Waals surface area contributed by atoms with Crippen molar-refractivity contribution in [3.05, 3.63) is 0 Å². The summed E-state index contributed by atoms with van der Waals surface area (Å²) in [7, 11) is 4.26. The summed E-state index contributed by atoms with van der Waals surface area (Å²) in [6.07, 6.45) is 1.20. The van der Waals surface area contributed by atoms with Crippen LogP contribution in [0.3, 0.4) is 0 Å². The maximum atomic E-state index is 5.41. The van der Waals surface area contributed by atoms with E-state index in [2.05, 4.69) is 45.1 Å². The number of hydrogen-bond acceptors (Lipinski definition) is 3. The number of nitrogens with zero attached hydrogens (tertiary/aromatic N) is 1. The van der Waals surface area contributed by atoms with Gasteiger partial charge in [0.05, 0.1) is 6.61 Å². The Bertz CT molecular complexity index is 186. The molecule has 90 valence electrons. The lowest BCUT2D eigenvalue weighted by atomic mass is 9.98. The molecule has 1 N–H and O–H groups in total. The number of nitrogens with one attached hydrogen (secondary N) is 1. The van der Waals surface area contributed by atoms with Gasteiger partial charge in [-0.05, 0) is 47.2 Å². The fourth-order valence-electron chi connectivity index (χ4n) is 1.68. The van der Waals surface area contributed by atoms with Crippen LogP contribution in [0, 0.1) is 5.92 Å². The predicted molar refractivity (Wildman–Crippen MR) is 64.2 cm³/mol. The topological polar surface area (TPSA) is 24.5 Å². The van der Waals surface area contributed by atoms with Crippen LogP contribution >= 0.6 is 0 Å². The molecule has 0 aliphatic carbocycles. The smallest absolute Gasteiger partial charge is 0.0509 e. The van der Waals surface area contributed by atoms with Gasteiger partial charge in [-0.3, -0.25) is 0 Å². The maximum Gasteiger partial charge on any atom is 0.0509 e. The van der Waals surface area contributed by atoms with Crippen molar-refractivity contribution in [2.24, 2.45) is 5.92 Å². The molecule has 1 rings (SSSR count). The SMILES string of the molecule is CC(NCC(C)(C)N(C)C)C1CCOC1. The molecule has 3 nitrogen and oxygen atoms in total. The van der Waals surface area contributed by atoms with Crippen LogP contribution in [0.4, 0.5) is 0 Å². The molecule has 3 heteroatoms. The van der Waals surface area contributed by atoms with Crippen molar-refractivity contribution < 1.29 is 4.74 Å². The van der Waals surface area contributed by atoms with E-state index in [4.69, 9.17) is 4.74 Å². The van der Waals surface area contributed by atoms with Crippen LogP contribution in [0.2, 0.25) is 0 Å². The lowest BCUT2D eigenvalue weighted by Crippen LogP contribution is -2.50. The van der Waals surface area contributed by atoms with Crippen LogP contribution in [0.25, 0.3) is 0 Å². The number of hydrogen-bond donors (Lipinski definition) is 1. The highest BCUT2D eigenvalue weighted by Gasteiger charge is 2.25. The standard InChI is InChI=1S/C12H26N2O/c1-10(11-6-7-15-8-11)13-9-12(2,3)14(4)5/h10-11,13H,6-9H2,1-5H3. The van der Waals surface area contributed by atoms with Crippen LogP contribution in [0.15, 0.2) is 0 Å². The molecule has 2 unspecified atom stereocenters. The maximum absolute atomic E-state index is 5.41. The monoisotopic (exact) mass is 214 g/mol. The number of rotatable bonds is 5. The molecule has 0 bridgehead atoms. The molecule has 0 amide bonds. The van der Waals surface area contributed by atoms with Crippen molar-refractivity contribution in [2.75, 3.05) is 33.9 Å². The van der Waals surface area contributed by atoms with Gasteiger partial charge in [0.15, 0.2) is 0 Å². The lowest BCUT2D eigenvalue weighted by molar-refractivity contribution is 0.162. The van der Waals surface area contributed by atoms with E-state index >= 15 is 0 Å². The second kappa shape index (κ2) is 5.28. The summed E-state index contributed by atoms with van der Waals surface area (Å²) in [6.45, 7) is 9.68. The molecule has 0 radical (unpaired) electrons. The first-order valence-electron chi connectivity index (χ1n) is 5.92. The first-order chi connectivity index (χ1) is 6.93. The zero-order chi connectivity index (χ0) is 11.5. The Morgan fingerprint density at radius 1 is 1.47 bits per heavy atom. The quantitative estimate of drug-likeness (QED) is 0.747. The zero-order valence-corrected chi connectivity index (χ0v) is 10.8. The molecule has 1 heterocycles. The molecular formula is C12H26N2O. The average Bonchev–Trinajstić information content (AvgIpc) is 2.66. The van der Waals surface area contributed by atoms with Gasteiger partial charge < -0.3 is 15.0 Å². The Morgan fingerprint density at radius 2 is 2.13 bits per heavy atom. The first kappa shape index (κ1) is 12.9. The fourth-order valence-corrected chi connectivity index (χ4v) is 1.68. The van der Waals surface area contributed by atoms with Crippen molar-refractivity contribution in [3.63, 3.8) is 0 Å². The van der Waals surface area contributed by atoms with E-state index in [1.165, 1.54) is 6.42 Å². The van der Waals surface area contributed by atoms with Gasteiger partial charge in [0.25, 0.3) is 0 Å². The van der Waals surface area contributed by atoms with Gasteiger partial charge in [-0.15, -0.1) is 0 Å². The summed E-state index contributed by atoms with van der Waals surface area (Å²) in [6, 6.07) is 0.562. The predicted octanol–water partition coefficient (Wildman–Crippen LogP) is 1.34. The van der Waals surface area contributed by atoms with E-state index in [9.17, 15) is 0 Å². The molecular weight excluding hydrogens is 188 g/mol. The van der Waals surface area contributed by atoms with Crippen LogP contribution in [0.1, 0.15) is 27.2 Å². The summed E-state index contributed by atoms with van der Waals surface area (Å²) >= 11 is 0. The molecule has 0 aromatic carbocycles. The Labute approximate surface area is 94.2 Å². The van der Waals surface area contributed by atoms with Crippen molar-refractivity contribution in [1.82, 2.24) is 10.2 Å². The van der Waals surface area contributed by atoms with Gasteiger partial charge in [-0.25, -0.2) is 0 Å².